The van der Waals surface area contributed by atoms with Gasteiger partial charge in [0.25, 0.3) is 0 Å². The minimum Gasteiger partial charge on any atom is -0.494 e. The minimum absolute atomic E-state index is 0.568. The topological polar surface area (TPSA) is 44.1 Å². The van der Waals surface area contributed by atoms with Crippen molar-refractivity contribution < 1.29 is 9.53 Å². The number of aldehydes is 1. The Hall–Kier alpha value is -2.11. The Morgan fingerprint density at radius 3 is 3.00 bits per heavy atom. The lowest BCUT2D eigenvalue weighted by Crippen LogP contribution is -1.96. The first kappa shape index (κ1) is 14.8. The fourth-order valence-electron chi connectivity index (χ4n) is 2.12. The van der Waals surface area contributed by atoms with Gasteiger partial charge in [-0.1, -0.05) is 11.6 Å². The first-order valence-corrected chi connectivity index (χ1v) is 8.00. The predicted octanol–water partition coefficient (Wildman–Crippen LogP) is 4.47. The Balaban J connectivity index is 1.96. The van der Waals surface area contributed by atoms with Crippen LogP contribution >= 0.6 is 22.9 Å². The van der Waals surface area contributed by atoms with Gasteiger partial charge in [0.1, 0.15) is 5.75 Å². The molecule has 112 valence electrons. The molecule has 0 saturated carbocycles. The second kappa shape index (κ2) is 6.34. The zero-order valence-corrected chi connectivity index (χ0v) is 13.4. The summed E-state index contributed by atoms with van der Waals surface area (Å²) < 4.78 is 7.18. The Bertz CT molecular complexity index is 810. The lowest BCUT2D eigenvalue weighted by Gasteiger charge is -2.06. The Morgan fingerprint density at radius 2 is 2.27 bits per heavy atom. The molecule has 6 heteroatoms. The monoisotopic (exact) mass is 332 g/mol. The number of thiazole rings is 1. The normalized spacial score (nSPS) is 10.6. The van der Waals surface area contributed by atoms with Crippen LogP contribution in [0.15, 0.2) is 41.9 Å². The summed E-state index contributed by atoms with van der Waals surface area (Å²) in [7, 11) is 0. The average Bonchev–Trinajstić information content (AvgIpc) is 3.16. The molecule has 3 rings (SSSR count). The van der Waals surface area contributed by atoms with Crippen LogP contribution in [0, 0.1) is 0 Å². The first-order valence-electron chi connectivity index (χ1n) is 6.74. The Morgan fingerprint density at radius 1 is 1.41 bits per heavy atom. The lowest BCUT2D eigenvalue weighted by atomic mass is 10.1. The average molecular weight is 333 g/mol. The van der Waals surface area contributed by atoms with Crippen LogP contribution in [0.1, 0.15) is 17.4 Å². The number of nitrogens with zero attached hydrogens (tertiary/aromatic N) is 2. The summed E-state index contributed by atoms with van der Waals surface area (Å²) in [5.74, 6) is 0.736. The smallest absolute Gasteiger partial charge is 0.194 e. The van der Waals surface area contributed by atoms with Gasteiger partial charge in [-0.3, -0.25) is 9.36 Å². The summed E-state index contributed by atoms with van der Waals surface area (Å²) in [4.78, 5) is 15.6. The van der Waals surface area contributed by atoms with E-state index in [-0.39, 0.29) is 0 Å². The number of hydrogen-bond acceptors (Lipinski definition) is 4. The third-order valence-electron chi connectivity index (χ3n) is 3.13. The molecule has 0 radical (unpaired) electrons. The van der Waals surface area contributed by atoms with Gasteiger partial charge in [-0.2, -0.15) is 0 Å². The number of benzene rings is 1. The van der Waals surface area contributed by atoms with E-state index in [0.29, 0.717) is 17.3 Å². The quantitative estimate of drug-likeness (QED) is 0.648. The standard InChI is InChI=1S/C16H13ClN2O2S/c1-2-21-12-5-6-13(14(17)8-12)15-10-22-16(18-15)19-7-3-4-11(19)9-20/h3-10H,2H2,1H3. The number of rotatable bonds is 5. The highest BCUT2D eigenvalue weighted by Gasteiger charge is 2.12. The van der Waals surface area contributed by atoms with Crippen LogP contribution in [0.25, 0.3) is 16.4 Å². The fourth-order valence-corrected chi connectivity index (χ4v) is 3.22. The third-order valence-corrected chi connectivity index (χ3v) is 4.28. The Kier molecular flexibility index (Phi) is 4.27. The second-order valence-electron chi connectivity index (χ2n) is 4.51. The van der Waals surface area contributed by atoms with Gasteiger partial charge in [-0.25, -0.2) is 4.98 Å². The van der Waals surface area contributed by atoms with Crippen molar-refractivity contribution >= 4 is 29.2 Å². The van der Waals surface area contributed by atoms with Crippen molar-refractivity contribution in [2.45, 2.75) is 6.92 Å². The molecule has 0 aliphatic heterocycles. The van der Waals surface area contributed by atoms with Crippen molar-refractivity contribution in [2.75, 3.05) is 6.61 Å². The molecule has 0 fully saturated rings. The van der Waals surface area contributed by atoms with Crippen molar-refractivity contribution in [2.24, 2.45) is 0 Å². The van der Waals surface area contributed by atoms with Gasteiger partial charge in [0.2, 0.25) is 0 Å². The van der Waals surface area contributed by atoms with Crippen molar-refractivity contribution in [3.8, 4) is 22.1 Å². The molecule has 0 N–H and O–H groups in total. The maximum atomic E-state index is 11.0. The van der Waals surface area contributed by atoms with Crippen LogP contribution in [0.3, 0.4) is 0 Å². The molecule has 0 unspecified atom stereocenters. The molecule has 0 atom stereocenters. The summed E-state index contributed by atoms with van der Waals surface area (Å²) in [6, 6.07) is 9.11. The molecule has 0 aliphatic carbocycles. The van der Waals surface area contributed by atoms with E-state index in [1.165, 1.54) is 11.3 Å². The highest BCUT2D eigenvalue weighted by atomic mass is 35.5. The highest BCUT2D eigenvalue weighted by molar-refractivity contribution is 7.12. The lowest BCUT2D eigenvalue weighted by molar-refractivity contribution is 0.111. The van der Waals surface area contributed by atoms with E-state index in [0.717, 1.165) is 28.4 Å². The van der Waals surface area contributed by atoms with Gasteiger partial charge in [-0.15, -0.1) is 11.3 Å². The van der Waals surface area contributed by atoms with E-state index in [1.54, 1.807) is 16.7 Å². The molecule has 3 aromatic rings. The zero-order valence-electron chi connectivity index (χ0n) is 11.8. The predicted molar refractivity (Wildman–Crippen MR) is 88.4 cm³/mol. The second-order valence-corrected chi connectivity index (χ2v) is 5.75. The van der Waals surface area contributed by atoms with Gasteiger partial charge in [-0.05, 0) is 37.3 Å². The summed E-state index contributed by atoms with van der Waals surface area (Å²) >= 11 is 7.77. The van der Waals surface area contributed by atoms with Crippen LogP contribution in [-0.4, -0.2) is 22.4 Å². The zero-order chi connectivity index (χ0) is 15.5. The van der Waals surface area contributed by atoms with E-state index >= 15 is 0 Å². The molecule has 1 aromatic carbocycles. The van der Waals surface area contributed by atoms with Gasteiger partial charge in [0.05, 0.1) is 23.0 Å². The van der Waals surface area contributed by atoms with Crippen molar-refractivity contribution in [3.63, 3.8) is 0 Å². The summed E-state index contributed by atoms with van der Waals surface area (Å²) in [5, 5.41) is 3.24. The highest BCUT2D eigenvalue weighted by Crippen LogP contribution is 2.32. The van der Waals surface area contributed by atoms with Crippen LogP contribution in [-0.2, 0) is 0 Å². The van der Waals surface area contributed by atoms with Crippen molar-refractivity contribution in [1.29, 1.82) is 0 Å². The SMILES string of the molecule is CCOc1ccc(-c2csc(-n3cccc3C=O)n2)c(Cl)c1. The molecule has 2 heterocycles. The largest absolute Gasteiger partial charge is 0.494 e. The Labute approximate surface area is 136 Å². The number of halogens is 1. The van der Waals surface area contributed by atoms with E-state index in [2.05, 4.69) is 4.98 Å². The van der Waals surface area contributed by atoms with Crippen LogP contribution < -0.4 is 4.74 Å². The molecule has 22 heavy (non-hydrogen) atoms. The molecule has 2 aromatic heterocycles. The number of carbonyl (C=O) groups excluding carboxylic acids is 1. The van der Waals surface area contributed by atoms with E-state index < -0.39 is 0 Å². The number of aromatic nitrogens is 2. The van der Waals surface area contributed by atoms with Crippen molar-refractivity contribution in [3.05, 3.63) is 52.6 Å². The molecule has 0 saturated heterocycles. The summed E-state index contributed by atoms with van der Waals surface area (Å²) in [5.41, 5.74) is 2.18. The van der Waals surface area contributed by atoms with Crippen molar-refractivity contribution in [1.82, 2.24) is 9.55 Å². The molecule has 4 nitrogen and oxygen atoms in total. The van der Waals surface area contributed by atoms with Gasteiger partial charge >= 0.3 is 0 Å². The van der Waals surface area contributed by atoms with E-state index in [9.17, 15) is 4.79 Å². The van der Waals surface area contributed by atoms with Gasteiger partial charge in [0, 0.05) is 17.1 Å². The van der Waals surface area contributed by atoms with Crippen LogP contribution in [0.5, 0.6) is 5.75 Å². The minimum atomic E-state index is 0.568. The van der Waals surface area contributed by atoms with E-state index in [4.69, 9.17) is 16.3 Å². The molecule has 0 spiro atoms. The maximum absolute atomic E-state index is 11.0. The summed E-state index contributed by atoms with van der Waals surface area (Å²) in [6.45, 7) is 2.52. The molecular formula is C16H13ClN2O2S. The number of ether oxygens (including phenoxy) is 1. The fraction of sp³-hybridized carbons (Fsp3) is 0.125. The van der Waals surface area contributed by atoms with Crippen LogP contribution in [0.4, 0.5) is 0 Å². The third kappa shape index (κ3) is 2.77. The van der Waals surface area contributed by atoms with E-state index in [1.807, 2.05) is 36.7 Å². The first-order chi connectivity index (χ1) is 10.7. The molecule has 0 bridgehead atoms. The maximum Gasteiger partial charge on any atom is 0.194 e. The van der Waals surface area contributed by atoms with Gasteiger partial charge in [0.15, 0.2) is 11.4 Å². The molecular weight excluding hydrogens is 320 g/mol. The number of carbonyl (C=O) groups is 1. The molecule has 0 amide bonds. The van der Waals surface area contributed by atoms with Gasteiger partial charge < -0.3 is 4.74 Å². The molecule has 0 aliphatic rings. The number of hydrogen-bond donors (Lipinski definition) is 0. The van der Waals surface area contributed by atoms with Crippen LogP contribution in [0.2, 0.25) is 5.02 Å². The summed E-state index contributed by atoms with van der Waals surface area (Å²) in [6.07, 6.45) is 2.62.